The number of aromatic nitrogens is 6. The summed E-state index contributed by atoms with van der Waals surface area (Å²) in [5.74, 6) is 0.375. The zero-order chi connectivity index (χ0) is 22.2. The first-order chi connectivity index (χ1) is 15.5. The summed E-state index contributed by atoms with van der Waals surface area (Å²) in [5, 5.41) is 12.5. The van der Waals surface area contributed by atoms with Gasteiger partial charge in [0.15, 0.2) is 11.5 Å². The lowest BCUT2D eigenvalue weighted by molar-refractivity contribution is 0.102. The summed E-state index contributed by atoms with van der Waals surface area (Å²) in [6.45, 7) is 3.72. The molecule has 0 aliphatic rings. The number of hydrogen-bond donors (Lipinski definition) is 1. The van der Waals surface area contributed by atoms with Gasteiger partial charge < -0.3 is 5.32 Å². The largest absolute Gasteiger partial charge is 0.306 e. The first-order valence-electron chi connectivity index (χ1n) is 9.90. The molecule has 1 N–H and O–H groups in total. The molecule has 0 saturated heterocycles. The van der Waals surface area contributed by atoms with Crippen molar-refractivity contribution in [1.82, 2.24) is 29.5 Å². The van der Waals surface area contributed by atoms with Crippen molar-refractivity contribution in [2.75, 3.05) is 5.32 Å². The fraction of sp³-hybridized carbons (Fsp3) is 0.0870. The van der Waals surface area contributed by atoms with Crippen molar-refractivity contribution >= 4 is 22.8 Å². The molecule has 0 atom stereocenters. The van der Waals surface area contributed by atoms with Crippen LogP contribution in [0.5, 0.6) is 0 Å². The zero-order valence-corrected chi connectivity index (χ0v) is 17.3. The van der Waals surface area contributed by atoms with E-state index in [1.165, 1.54) is 18.5 Å². The maximum Gasteiger partial charge on any atom is 0.257 e. The van der Waals surface area contributed by atoms with Crippen LogP contribution < -0.4 is 5.32 Å². The van der Waals surface area contributed by atoms with Gasteiger partial charge in [-0.2, -0.15) is 14.9 Å². The molecular weight excluding hydrogens is 409 g/mol. The molecule has 0 spiro atoms. The Kier molecular flexibility index (Phi) is 4.70. The minimum absolute atomic E-state index is 0.239. The zero-order valence-electron chi connectivity index (χ0n) is 17.3. The highest BCUT2D eigenvalue weighted by Gasteiger charge is 2.18. The highest BCUT2D eigenvalue weighted by Crippen LogP contribution is 2.24. The number of amides is 1. The van der Waals surface area contributed by atoms with Gasteiger partial charge in [-0.25, -0.2) is 19.0 Å². The lowest BCUT2D eigenvalue weighted by atomic mass is 10.1. The summed E-state index contributed by atoms with van der Waals surface area (Å²) in [5.41, 5.74) is 3.36. The van der Waals surface area contributed by atoms with Crippen LogP contribution >= 0.6 is 0 Å². The lowest BCUT2D eigenvalue weighted by Crippen LogP contribution is -2.16. The maximum absolute atomic E-state index is 13.3. The summed E-state index contributed by atoms with van der Waals surface area (Å²) in [6, 6.07) is 15.1. The highest BCUT2D eigenvalue weighted by atomic mass is 19.1. The molecule has 0 bridgehead atoms. The smallest absolute Gasteiger partial charge is 0.257 e. The van der Waals surface area contributed by atoms with Crippen LogP contribution in [0.15, 0.2) is 67.1 Å². The molecular formula is C23H18FN7O. The minimum atomic E-state index is -0.332. The number of carbonyl (C=O) groups is 1. The Labute approximate surface area is 182 Å². The maximum atomic E-state index is 13.3. The molecule has 3 aromatic heterocycles. The molecule has 9 heteroatoms. The van der Waals surface area contributed by atoms with Gasteiger partial charge in [-0.3, -0.25) is 4.79 Å². The van der Waals surface area contributed by atoms with Gasteiger partial charge in [-0.1, -0.05) is 18.2 Å². The van der Waals surface area contributed by atoms with E-state index in [2.05, 4.69) is 25.5 Å². The van der Waals surface area contributed by atoms with Crippen molar-refractivity contribution in [3.63, 3.8) is 0 Å². The van der Waals surface area contributed by atoms with Crippen LogP contribution in [0.1, 0.15) is 21.6 Å². The first kappa shape index (κ1) is 19.6. The van der Waals surface area contributed by atoms with Gasteiger partial charge in [-0.15, -0.1) is 0 Å². The monoisotopic (exact) mass is 427 g/mol. The van der Waals surface area contributed by atoms with Crippen molar-refractivity contribution < 1.29 is 9.18 Å². The van der Waals surface area contributed by atoms with E-state index in [9.17, 15) is 9.18 Å². The average molecular weight is 427 g/mol. The molecule has 8 nitrogen and oxygen atoms in total. The molecule has 0 unspecified atom stereocenters. The van der Waals surface area contributed by atoms with Crippen LogP contribution in [-0.2, 0) is 0 Å². The summed E-state index contributed by atoms with van der Waals surface area (Å²) in [4.78, 5) is 21.6. The van der Waals surface area contributed by atoms with Crippen LogP contribution in [0.4, 0.5) is 10.2 Å². The van der Waals surface area contributed by atoms with E-state index in [-0.39, 0.29) is 11.7 Å². The molecule has 0 aliphatic heterocycles. The Balaban J connectivity index is 1.57. The Morgan fingerprint density at radius 2 is 1.78 bits per heavy atom. The van der Waals surface area contributed by atoms with Gasteiger partial charge in [-0.05, 0) is 49.7 Å². The lowest BCUT2D eigenvalue weighted by Gasteiger charge is -2.10. The highest BCUT2D eigenvalue weighted by molar-refractivity contribution is 6.05. The number of halogens is 1. The van der Waals surface area contributed by atoms with E-state index in [4.69, 9.17) is 0 Å². The molecule has 0 saturated carbocycles. The normalized spacial score (nSPS) is 11.1. The Morgan fingerprint density at radius 3 is 2.56 bits per heavy atom. The van der Waals surface area contributed by atoms with Gasteiger partial charge in [0.25, 0.3) is 5.91 Å². The third-order valence-electron chi connectivity index (χ3n) is 5.08. The van der Waals surface area contributed by atoms with Crippen LogP contribution in [0.2, 0.25) is 0 Å². The summed E-state index contributed by atoms with van der Waals surface area (Å²) < 4.78 is 16.5. The molecule has 5 aromatic rings. The quantitative estimate of drug-likeness (QED) is 0.468. The molecule has 1 amide bonds. The van der Waals surface area contributed by atoms with Crippen molar-refractivity contribution in [3.8, 4) is 11.5 Å². The number of carbonyl (C=O) groups excluding carboxylic acids is 1. The van der Waals surface area contributed by atoms with E-state index in [1.54, 1.807) is 39.8 Å². The van der Waals surface area contributed by atoms with E-state index in [0.29, 0.717) is 39.6 Å². The van der Waals surface area contributed by atoms with Gasteiger partial charge in [0, 0.05) is 11.6 Å². The van der Waals surface area contributed by atoms with Crippen LogP contribution in [0.3, 0.4) is 0 Å². The number of nitrogens with zero attached hydrogens (tertiary/aromatic N) is 6. The Bertz CT molecular complexity index is 1450. The van der Waals surface area contributed by atoms with Gasteiger partial charge in [0.1, 0.15) is 18.0 Å². The standard InChI is InChI=1S/C23H18FN7O/c1-14-5-3-4-6-18(14)23(32)28-20-11-15(2)29-31(20)22-19-12-27-30(21(19)25-13-26-22)17-9-7-16(24)8-10-17/h3-13H,1-2H3,(H,28,32). The molecule has 0 aliphatic carbocycles. The van der Waals surface area contributed by atoms with Crippen LogP contribution in [0.25, 0.3) is 22.5 Å². The van der Waals surface area contributed by atoms with Crippen molar-refractivity contribution in [3.05, 3.63) is 89.8 Å². The number of benzene rings is 2. The Hall–Kier alpha value is -4.40. The third-order valence-corrected chi connectivity index (χ3v) is 5.08. The second kappa shape index (κ2) is 7.69. The van der Waals surface area contributed by atoms with Crippen LogP contribution in [-0.4, -0.2) is 35.4 Å². The molecule has 32 heavy (non-hydrogen) atoms. The second-order valence-corrected chi connectivity index (χ2v) is 7.32. The van der Waals surface area contributed by atoms with Crippen molar-refractivity contribution in [2.24, 2.45) is 0 Å². The molecule has 3 heterocycles. The Morgan fingerprint density at radius 1 is 1.00 bits per heavy atom. The van der Waals surface area contributed by atoms with E-state index in [0.717, 1.165) is 5.56 Å². The average Bonchev–Trinajstić information content (AvgIpc) is 3.38. The van der Waals surface area contributed by atoms with Gasteiger partial charge in [0.2, 0.25) is 0 Å². The molecule has 0 fully saturated rings. The van der Waals surface area contributed by atoms with E-state index in [1.807, 2.05) is 32.0 Å². The summed E-state index contributed by atoms with van der Waals surface area (Å²) in [6.07, 6.45) is 3.03. The molecule has 2 aromatic carbocycles. The summed E-state index contributed by atoms with van der Waals surface area (Å²) in [7, 11) is 0. The van der Waals surface area contributed by atoms with Gasteiger partial charge >= 0.3 is 0 Å². The predicted molar refractivity (Wildman–Crippen MR) is 118 cm³/mol. The fourth-order valence-corrected chi connectivity index (χ4v) is 3.53. The molecule has 158 valence electrons. The van der Waals surface area contributed by atoms with E-state index >= 15 is 0 Å². The molecule has 5 rings (SSSR count). The topological polar surface area (TPSA) is 90.5 Å². The summed E-state index contributed by atoms with van der Waals surface area (Å²) >= 11 is 0. The number of fused-ring (bicyclic) bond motifs is 1. The minimum Gasteiger partial charge on any atom is -0.306 e. The van der Waals surface area contributed by atoms with Crippen molar-refractivity contribution in [1.29, 1.82) is 0 Å². The number of aryl methyl sites for hydroxylation is 2. The predicted octanol–water partition coefficient (Wildman–Crippen LogP) is 4.01. The number of nitrogens with one attached hydrogen (secondary N) is 1. The third kappa shape index (κ3) is 3.39. The first-order valence-corrected chi connectivity index (χ1v) is 9.90. The molecule has 0 radical (unpaired) electrons. The number of anilines is 1. The van der Waals surface area contributed by atoms with Gasteiger partial charge in [0.05, 0.1) is 23.0 Å². The van der Waals surface area contributed by atoms with E-state index < -0.39 is 0 Å². The fourth-order valence-electron chi connectivity index (χ4n) is 3.53. The second-order valence-electron chi connectivity index (χ2n) is 7.32. The van der Waals surface area contributed by atoms with Crippen LogP contribution in [0, 0.1) is 19.7 Å². The number of hydrogen-bond acceptors (Lipinski definition) is 5. The number of rotatable bonds is 4. The van der Waals surface area contributed by atoms with Crippen molar-refractivity contribution in [2.45, 2.75) is 13.8 Å². The SMILES string of the molecule is Cc1cc(NC(=O)c2ccccc2C)n(-c2ncnc3c2cnn3-c2ccc(F)cc2)n1.